The molecule has 0 bridgehead atoms. The monoisotopic (exact) mass is 272 g/mol. The van der Waals surface area contributed by atoms with Crippen molar-refractivity contribution >= 4 is 11.9 Å². The van der Waals surface area contributed by atoms with E-state index in [-0.39, 0.29) is 18.1 Å². The quantitative estimate of drug-likeness (QED) is 0.601. The second-order valence-electron chi connectivity index (χ2n) is 4.90. The molecule has 3 unspecified atom stereocenters. The molecule has 0 aromatic carbocycles. The number of carboxylic acid groups (broad SMARTS) is 1. The van der Waals surface area contributed by atoms with Crippen LogP contribution in [0.4, 0.5) is 0 Å². The molecule has 19 heavy (non-hydrogen) atoms. The van der Waals surface area contributed by atoms with E-state index >= 15 is 0 Å². The molecule has 0 spiro atoms. The Morgan fingerprint density at radius 1 is 1.37 bits per heavy atom. The fourth-order valence-corrected chi connectivity index (χ4v) is 2.31. The van der Waals surface area contributed by atoms with E-state index in [1.54, 1.807) is 0 Å². The smallest absolute Gasteiger partial charge is 0.332 e. The van der Waals surface area contributed by atoms with Crippen LogP contribution in [0.15, 0.2) is 0 Å². The van der Waals surface area contributed by atoms with Crippen molar-refractivity contribution in [1.29, 1.82) is 0 Å². The number of hydrogen-bond acceptors (Lipinski definition) is 5. The summed E-state index contributed by atoms with van der Waals surface area (Å²) in [7, 11) is 0. The van der Waals surface area contributed by atoms with Gasteiger partial charge in [-0.05, 0) is 12.8 Å². The molecule has 0 aromatic heterocycles. The number of nitrogens with one attached hydrogen (secondary N) is 2. The Kier molecular flexibility index (Phi) is 5.12. The third kappa shape index (κ3) is 4.45. The molecule has 7 heteroatoms. The second-order valence-corrected chi connectivity index (χ2v) is 4.90. The Morgan fingerprint density at radius 3 is 2.84 bits per heavy atom. The molecule has 3 atom stereocenters. The number of aliphatic carboxylic acids is 1. The van der Waals surface area contributed by atoms with Gasteiger partial charge in [0.05, 0.1) is 19.3 Å². The van der Waals surface area contributed by atoms with Gasteiger partial charge in [-0.1, -0.05) is 0 Å². The van der Waals surface area contributed by atoms with Crippen LogP contribution in [0.5, 0.6) is 0 Å². The number of hydrogen-bond donors (Lipinski definition) is 3. The van der Waals surface area contributed by atoms with Crippen LogP contribution in [0.1, 0.15) is 19.3 Å². The van der Waals surface area contributed by atoms with Crippen molar-refractivity contribution in [2.24, 2.45) is 0 Å². The van der Waals surface area contributed by atoms with Gasteiger partial charge in [0.1, 0.15) is 0 Å². The maximum absolute atomic E-state index is 11.7. The lowest BCUT2D eigenvalue weighted by Gasteiger charge is -2.23. The van der Waals surface area contributed by atoms with Crippen LogP contribution in [0.25, 0.3) is 0 Å². The highest BCUT2D eigenvalue weighted by Gasteiger charge is 2.30. The molecule has 2 rings (SSSR count). The molecule has 2 fully saturated rings. The first-order valence-corrected chi connectivity index (χ1v) is 6.61. The van der Waals surface area contributed by atoms with Gasteiger partial charge in [0.2, 0.25) is 5.91 Å². The Bertz CT molecular complexity index is 330. The lowest BCUT2D eigenvalue weighted by atomic mass is 10.1. The van der Waals surface area contributed by atoms with Crippen LogP contribution in [0.3, 0.4) is 0 Å². The SMILES string of the molecule is O=C(CC1COCCN1)NCC1CCC(C(=O)O)O1. The number of morpholine rings is 1. The standard InChI is InChI=1S/C12H20N2O5/c15-11(5-8-7-18-4-3-13-8)14-6-9-1-2-10(19-9)12(16)17/h8-10,13H,1-7H2,(H,14,15)(H,16,17). The van der Waals surface area contributed by atoms with Gasteiger partial charge >= 0.3 is 5.97 Å². The highest BCUT2D eigenvalue weighted by atomic mass is 16.5. The van der Waals surface area contributed by atoms with Crippen molar-refractivity contribution < 1.29 is 24.2 Å². The molecule has 1 amide bonds. The van der Waals surface area contributed by atoms with Crippen LogP contribution in [0.2, 0.25) is 0 Å². The maximum atomic E-state index is 11.7. The van der Waals surface area contributed by atoms with E-state index in [0.717, 1.165) is 6.54 Å². The van der Waals surface area contributed by atoms with Crippen molar-refractivity contribution in [3.63, 3.8) is 0 Å². The summed E-state index contributed by atoms with van der Waals surface area (Å²) in [4.78, 5) is 22.4. The Labute approximate surface area is 111 Å². The molecule has 0 aromatic rings. The van der Waals surface area contributed by atoms with E-state index < -0.39 is 12.1 Å². The van der Waals surface area contributed by atoms with Gasteiger partial charge in [-0.2, -0.15) is 0 Å². The fourth-order valence-electron chi connectivity index (χ4n) is 2.31. The van der Waals surface area contributed by atoms with Gasteiger partial charge in [0.15, 0.2) is 6.10 Å². The minimum absolute atomic E-state index is 0.0602. The Morgan fingerprint density at radius 2 is 2.21 bits per heavy atom. The van der Waals surface area contributed by atoms with Gasteiger partial charge in [-0.3, -0.25) is 4.79 Å². The second kappa shape index (κ2) is 6.83. The average Bonchev–Trinajstić information content (AvgIpc) is 2.86. The zero-order valence-corrected chi connectivity index (χ0v) is 10.8. The highest BCUT2D eigenvalue weighted by molar-refractivity contribution is 5.76. The molecular weight excluding hydrogens is 252 g/mol. The summed E-state index contributed by atoms with van der Waals surface area (Å²) >= 11 is 0. The molecule has 0 aliphatic carbocycles. The van der Waals surface area contributed by atoms with Crippen molar-refractivity contribution in [2.45, 2.75) is 37.5 Å². The van der Waals surface area contributed by atoms with Crippen LogP contribution in [-0.2, 0) is 19.1 Å². The molecule has 108 valence electrons. The van der Waals surface area contributed by atoms with E-state index in [0.29, 0.717) is 39.0 Å². The lowest BCUT2D eigenvalue weighted by molar-refractivity contribution is -0.149. The Hall–Kier alpha value is -1.18. The molecular formula is C12H20N2O5. The molecule has 7 nitrogen and oxygen atoms in total. The predicted octanol–water partition coefficient (Wildman–Crippen LogP) is -0.887. The molecule has 2 saturated heterocycles. The highest BCUT2D eigenvalue weighted by Crippen LogP contribution is 2.19. The number of amides is 1. The molecule has 2 heterocycles. The topological polar surface area (TPSA) is 96.9 Å². The molecule has 2 aliphatic heterocycles. The van der Waals surface area contributed by atoms with Crippen LogP contribution in [0, 0.1) is 0 Å². The minimum Gasteiger partial charge on any atom is -0.479 e. The van der Waals surface area contributed by atoms with Crippen LogP contribution in [-0.4, -0.2) is 61.5 Å². The lowest BCUT2D eigenvalue weighted by Crippen LogP contribution is -2.45. The largest absolute Gasteiger partial charge is 0.479 e. The van der Waals surface area contributed by atoms with Gasteiger partial charge in [-0.25, -0.2) is 4.79 Å². The summed E-state index contributed by atoms with van der Waals surface area (Å²) < 4.78 is 10.6. The Balaban J connectivity index is 1.62. The zero-order chi connectivity index (χ0) is 13.7. The molecule has 0 saturated carbocycles. The van der Waals surface area contributed by atoms with E-state index in [9.17, 15) is 9.59 Å². The van der Waals surface area contributed by atoms with E-state index in [1.807, 2.05) is 0 Å². The predicted molar refractivity (Wildman–Crippen MR) is 65.8 cm³/mol. The van der Waals surface area contributed by atoms with E-state index in [4.69, 9.17) is 14.6 Å². The summed E-state index contributed by atoms with van der Waals surface area (Å²) in [6.45, 7) is 2.37. The zero-order valence-electron chi connectivity index (χ0n) is 10.8. The first kappa shape index (κ1) is 14.2. The van der Waals surface area contributed by atoms with Crippen molar-refractivity contribution in [3.05, 3.63) is 0 Å². The molecule has 2 aliphatic rings. The number of rotatable bonds is 5. The maximum Gasteiger partial charge on any atom is 0.332 e. The fraction of sp³-hybridized carbons (Fsp3) is 0.833. The summed E-state index contributed by atoms with van der Waals surface area (Å²) in [5, 5.41) is 14.8. The number of ether oxygens (including phenoxy) is 2. The molecule has 3 N–H and O–H groups in total. The summed E-state index contributed by atoms with van der Waals surface area (Å²) in [5.41, 5.74) is 0. The van der Waals surface area contributed by atoms with E-state index in [2.05, 4.69) is 10.6 Å². The first-order chi connectivity index (χ1) is 9.15. The average molecular weight is 272 g/mol. The summed E-state index contributed by atoms with van der Waals surface area (Å²) in [5.74, 6) is -0.997. The van der Waals surface area contributed by atoms with Gasteiger partial charge < -0.3 is 25.2 Å². The van der Waals surface area contributed by atoms with Gasteiger partial charge in [0.25, 0.3) is 0 Å². The normalized spacial score (nSPS) is 31.1. The number of carbonyl (C=O) groups excluding carboxylic acids is 1. The van der Waals surface area contributed by atoms with Crippen molar-refractivity contribution in [1.82, 2.24) is 10.6 Å². The summed E-state index contributed by atoms with van der Waals surface area (Å²) in [6, 6.07) is 0.0602. The van der Waals surface area contributed by atoms with Crippen molar-refractivity contribution in [3.8, 4) is 0 Å². The number of carbonyl (C=O) groups is 2. The molecule has 0 radical (unpaired) electrons. The third-order valence-corrected chi connectivity index (χ3v) is 3.34. The first-order valence-electron chi connectivity index (χ1n) is 6.61. The van der Waals surface area contributed by atoms with E-state index in [1.165, 1.54) is 0 Å². The van der Waals surface area contributed by atoms with Gasteiger partial charge in [0, 0.05) is 25.6 Å². The minimum atomic E-state index is -0.933. The van der Waals surface area contributed by atoms with Crippen molar-refractivity contribution in [2.75, 3.05) is 26.3 Å². The van der Waals surface area contributed by atoms with Crippen LogP contribution >= 0.6 is 0 Å². The van der Waals surface area contributed by atoms with Crippen LogP contribution < -0.4 is 10.6 Å². The third-order valence-electron chi connectivity index (χ3n) is 3.34. The summed E-state index contributed by atoms with van der Waals surface area (Å²) in [6.07, 6.45) is 0.626. The van der Waals surface area contributed by atoms with Gasteiger partial charge in [-0.15, -0.1) is 0 Å². The number of carboxylic acids is 1.